The number of hydrogen-bond donors (Lipinski definition) is 0. The molecule has 0 atom stereocenters. The van der Waals surface area contributed by atoms with Crippen molar-refractivity contribution < 1.29 is 16.5 Å². The summed E-state index contributed by atoms with van der Waals surface area (Å²) < 4.78 is 1.15. The van der Waals surface area contributed by atoms with E-state index in [2.05, 4.69) is 43.6 Å². The molecule has 0 aromatic heterocycles. The van der Waals surface area contributed by atoms with Crippen LogP contribution in [0.15, 0.2) is 0 Å². The first kappa shape index (κ1) is 24.7. The molecule has 0 amide bonds. The second-order valence-electron chi connectivity index (χ2n) is 4.12. The molecule has 7 heteroatoms. The Hall–Kier alpha value is 0.714. The van der Waals surface area contributed by atoms with Gasteiger partial charge in [0.05, 0.1) is 0 Å². The van der Waals surface area contributed by atoms with E-state index in [-0.39, 0.29) is 16.5 Å². The van der Waals surface area contributed by atoms with Crippen LogP contribution >= 0.6 is 24.4 Å². The molecule has 0 saturated heterocycles. The third-order valence-electron chi connectivity index (χ3n) is 2.19. The first-order valence-electron chi connectivity index (χ1n) is 6.20. The predicted molar refractivity (Wildman–Crippen MR) is 95.0 cm³/mol. The van der Waals surface area contributed by atoms with Crippen molar-refractivity contribution in [2.45, 2.75) is 39.5 Å². The van der Waals surface area contributed by atoms with E-state index in [1.807, 2.05) is 14.1 Å². The van der Waals surface area contributed by atoms with Gasteiger partial charge in [0, 0.05) is 27.2 Å². The third kappa shape index (κ3) is 18.7. The van der Waals surface area contributed by atoms with E-state index in [1.54, 1.807) is 4.90 Å². The zero-order valence-corrected chi connectivity index (χ0v) is 16.3. The number of hydrogen-bond acceptors (Lipinski definition) is 4. The van der Waals surface area contributed by atoms with Crippen molar-refractivity contribution in [3.8, 4) is 0 Å². The van der Waals surface area contributed by atoms with Crippen LogP contribution in [0.2, 0.25) is 0 Å². The minimum Gasteiger partial charge on any atom is -0.411 e. The molecule has 0 heterocycles. The molecule has 19 heavy (non-hydrogen) atoms. The first-order chi connectivity index (χ1) is 8.36. The fourth-order valence-electron chi connectivity index (χ4n) is 0.992. The third-order valence-corrected chi connectivity index (χ3v) is 3.43. The molecule has 0 fully saturated rings. The fraction of sp³-hybridized carbons (Fsp3) is 0.833. The maximum Gasteiger partial charge on any atom is 2.00 e. The van der Waals surface area contributed by atoms with Gasteiger partial charge in [-0.25, -0.2) is 0 Å². The fourth-order valence-corrected chi connectivity index (χ4v) is 1.36. The summed E-state index contributed by atoms with van der Waals surface area (Å²) >= 11 is 19.1. The second kappa shape index (κ2) is 16.8. The molecule has 0 saturated carbocycles. The van der Waals surface area contributed by atoms with Crippen molar-refractivity contribution in [1.82, 2.24) is 9.80 Å². The first-order valence-corrected chi connectivity index (χ1v) is 7.84. The van der Waals surface area contributed by atoms with Gasteiger partial charge in [0.1, 0.15) is 0 Å². The van der Waals surface area contributed by atoms with Crippen LogP contribution in [0.4, 0.5) is 0 Å². The van der Waals surface area contributed by atoms with E-state index < -0.39 is 0 Å². The van der Waals surface area contributed by atoms with E-state index in [1.165, 1.54) is 25.7 Å². The van der Waals surface area contributed by atoms with Crippen LogP contribution in [0.1, 0.15) is 39.5 Å². The summed E-state index contributed by atoms with van der Waals surface area (Å²) in [5, 5.41) is 0. The summed E-state index contributed by atoms with van der Waals surface area (Å²) in [4.78, 5) is 3.85. The van der Waals surface area contributed by atoms with Gasteiger partial charge >= 0.3 is 16.5 Å². The molecule has 0 spiro atoms. The monoisotopic (exact) mass is 382 g/mol. The van der Waals surface area contributed by atoms with Crippen LogP contribution in [0.5, 0.6) is 0 Å². The molecule has 0 aromatic rings. The van der Waals surface area contributed by atoms with Crippen LogP contribution in [-0.4, -0.2) is 45.6 Å². The van der Waals surface area contributed by atoms with E-state index >= 15 is 0 Å². The maximum absolute atomic E-state index is 4.98. The van der Waals surface area contributed by atoms with Gasteiger partial charge < -0.3 is 59.5 Å². The number of unbranched alkanes of at least 4 members (excludes halogenated alkanes) is 2. The van der Waals surface area contributed by atoms with E-state index in [0.717, 1.165) is 13.1 Å². The van der Waals surface area contributed by atoms with Gasteiger partial charge in [-0.05, 0) is 12.8 Å². The molecule has 0 radical (unpaired) electrons. The van der Waals surface area contributed by atoms with Gasteiger partial charge in [-0.3, -0.25) is 0 Å². The molecule has 0 aliphatic heterocycles. The Balaban J connectivity index is -0.000000313. The topological polar surface area (TPSA) is 6.48 Å². The molecule has 0 unspecified atom stereocenters. The average Bonchev–Trinajstić information content (AvgIpc) is 2.29. The zero-order valence-electron chi connectivity index (χ0n) is 12.1. The van der Waals surface area contributed by atoms with Gasteiger partial charge in [0.15, 0.2) is 0 Å². The second-order valence-corrected chi connectivity index (χ2v) is 6.18. The van der Waals surface area contributed by atoms with Gasteiger partial charge in [0.2, 0.25) is 0 Å². The Morgan fingerprint density at radius 3 is 1.37 bits per heavy atom. The van der Waals surface area contributed by atoms with Crippen LogP contribution in [0, 0.1) is 0 Å². The maximum atomic E-state index is 4.98. The van der Waals surface area contributed by atoms with Crippen molar-refractivity contribution in [3.63, 3.8) is 0 Å². The van der Waals surface area contributed by atoms with Crippen LogP contribution in [0.3, 0.4) is 0 Å². The van der Waals surface area contributed by atoms with Crippen molar-refractivity contribution in [1.29, 1.82) is 0 Å². The predicted octanol–water partition coefficient (Wildman–Crippen LogP) is 3.10. The van der Waals surface area contributed by atoms with Gasteiger partial charge in [0.25, 0.3) is 0 Å². The van der Waals surface area contributed by atoms with Crippen molar-refractivity contribution >= 4 is 58.3 Å². The summed E-state index contributed by atoms with van der Waals surface area (Å²) in [6.45, 7) is 6.45. The number of rotatable bonds is 6. The molecule has 0 aromatic carbocycles. The summed E-state index contributed by atoms with van der Waals surface area (Å²) in [7, 11) is 3.66. The molecular formula is C12H24N2NiS4. The van der Waals surface area contributed by atoms with Crippen LogP contribution < -0.4 is 0 Å². The minimum atomic E-state index is 0. The average molecular weight is 383 g/mol. The van der Waals surface area contributed by atoms with E-state index in [9.17, 15) is 0 Å². The Kier molecular flexibility index (Phi) is 21.8. The van der Waals surface area contributed by atoms with Crippen molar-refractivity contribution in [2.75, 3.05) is 27.2 Å². The van der Waals surface area contributed by atoms with Crippen molar-refractivity contribution in [2.24, 2.45) is 0 Å². The Bertz CT molecular complexity index is 230. The quantitative estimate of drug-likeness (QED) is 0.392. The summed E-state index contributed by atoms with van der Waals surface area (Å²) in [5.74, 6) is 0. The minimum absolute atomic E-state index is 0. The summed E-state index contributed by atoms with van der Waals surface area (Å²) in [6.07, 6.45) is 4.81. The van der Waals surface area contributed by atoms with Gasteiger partial charge in [-0.1, -0.05) is 35.3 Å². The molecule has 0 N–H and O–H groups in total. The standard InChI is InChI=1S/C9H19NS2.C3H7NS2.Ni/c1-3-5-7-10(9(11)12)8-6-4-2;1-4(2)3(5)6;/h3-8H2,1-2H3,(H,11,12);1-2H3,(H,5,6);/q;;+2/p-2. The molecule has 2 nitrogen and oxygen atoms in total. The molecule has 0 rings (SSSR count). The summed E-state index contributed by atoms with van der Waals surface area (Å²) in [5.41, 5.74) is 0. The van der Waals surface area contributed by atoms with E-state index in [0.29, 0.717) is 8.64 Å². The largest absolute Gasteiger partial charge is 2.00 e. The van der Waals surface area contributed by atoms with Crippen LogP contribution in [-0.2, 0) is 41.7 Å². The van der Waals surface area contributed by atoms with Gasteiger partial charge in [-0.2, -0.15) is 0 Å². The Morgan fingerprint density at radius 2 is 1.21 bits per heavy atom. The molecule has 0 aliphatic rings. The number of nitrogens with zero attached hydrogens (tertiary/aromatic N) is 2. The van der Waals surface area contributed by atoms with Gasteiger partial charge in [-0.15, -0.1) is 0 Å². The molecular weight excluding hydrogens is 359 g/mol. The molecule has 0 bridgehead atoms. The molecule has 116 valence electrons. The van der Waals surface area contributed by atoms with Crippen molar-refractivity contribution in [3.05, 3.63) is 0 Å². The van der Waals surface area contributed by atoms with Crippen LogP contribution in [0.25, 0.3) is 0 Å². The van der Waals surface area contributed by atoms with E-state index in [4.69, 9.17) is 24.8 Å². The smallest absolute Gasteiger partial charge is 0.411 e. The Labute approximate surface area is 150 Å². The summed E-state index contributed by atoms with van der Waals surface area (Å²) in [6, 6.07) is 0. The Morgan fingerprint density at radius 1 is 0.895 bits per heavy atom. The zero-order chi connectivity index (χ0) is 14.6. The normalized spacial score (nSPS) is 8.63. The number of thiocarbonyl (C=S) groups is 2. The molecule has 0 aliphatic carbocycles. The SMILES string of the molecule is CCCCN(CCCC)C(=S)[S-].CN(C)C(=S)[S-].[Ni+2].